The van der Waals surface area contributed by atoms with Crippen LogP contribution in [0.5, 0.6) is 0 Å². The van der Waals surface area contributed by atoms with E-state index in [1.165, 1.54) is 21.8 Å². The smallest absolute Gasteiger partial charge is 0.160 e. The molecule has 8 rings (SSSR count). The second kappa shape index (κ2) is 11.1. The third-order valence-electron chi connectivity index (χ3n) is 8.29. The van der Waals surface area contributed by atoms with E-state index >= 15 is 0 Å². The third kappa shape index (κ3) is 4.83. The molecule has 0 aliphatic carbocycles. The van der Waals surface area contributed by atoms with Crippen molar-refractivity contribution in [3.63, 3.8) is 0 Å². The summed E-state index contributed by atoms with van der Waals surface area (Å²) in [6.07, 6.45) is 0. The molecule has 0 radical (unpaired) electrons. The normalized spacial score (nSPS) is 11.1. The van der Waals surface area contributed by atoms with Crippen molar-refractivity contribution in [1.82, 2.24) is 14.5 Å². The number of nitriles is 1. The van der Waals surface area contributed by atoms with E-state index in [4.69, 9.17) is 15.2 Å². The van der Waals surface area contributed by atoms with Crippen LogP contribution in [-0.2, 0) is 0 Å². The highest BCUT2D eigenvalue weighted by Crippen LogP contribution is 2.33. The molecule has 0 saturated carbocycles. The Morgan fingerprint density at radius 2 is 0.911 bits per heavy atom. The fraction of sp³-hybridized carbons (Fsp3) is 0. The Morgan fingerprint density at radius 1 is 0.444 bits per heavy atom. The van der Waals surface area contributed by atoms with Crippen LogP contribution in [0.25, 0.3) is 72.5 Å². The zero-order valence-corrected chi connectivity index (χ0v) is 24.3. The van der Waals surface area contributed by atoms with Crippen molar-refractivity contribution >= 4 is 21.8 Å². The molecule has 0 aliphatic heterocycles. The highest BCUT2D eigenvalue weighted by atomic mass is 15.0. The van der Waals surface area contributed by atoms with Crippen LogP contribution in [0.2, 0.25) is 0 Å². The first-order chi connectivity index (χ1) is 22.2. The van der Waals surface area contributed by atoms with Crippen LogP contribution >= 0.6 is 0 Å². The Hall–Kier alpha value is -6.31. The topological polar surface area (TPSA) is 54.5 Å². The Kier molecular flexibility index (Phi) is 6.48. The lowest BCUT2D eigenvalue weighted by Gasteiger charge is -2.12. The first kappa shape index (κ1) is 26.3. The van der Waals surface area contributed by atoms with Gasteiger partial charge in [-0.3, -0.25) is 0 Å². The monoisotopic (exact) mass is 574 g/mol. The lowest BCUT2D eigenvalue weighted by molar-refractivity contribution is 1.16. The Bertz CT molecular complexity index is 2290. The predicted molar refractivity (Wildman–Crippen MR) is 183 cm³/mol. The minimum atomic E-state index is 0.653. The largest absolute Gasteiger partial charge is 0.309 e. The lowest BCUT2D eigenvalue weighted by Crippen LogP contribution is -1.97. The van der Waals surface area contributed by atoms with Crippen LogP contribution in [0.15, 0.2) is 158 Å². The minimum absolute atomic E-state index is 0.653. The highest BCUT2D eigenvalue weighted by Gasteiger charge is 2.14. The number of aromatic nitrogens is 3. The van der Waals surface area contributed by atoms with Crippen molar-refractivity contribution in [2.75, 3.05) is 0 Å². The molecule has 2 aromatic heterocycles. The summed E-state index contributed by atoms with van der Waals surface area (Å²) in [6.45, 7) is 0. The molecule has 0 amide bonds. The van der Waals surface area contributed by atoms with Gasteiger partial charge in [-0.25, -0.2) is 9.97 Å². The Morgan fingerprint density at radius 3 is 1.49 bits per heavy atom. The van der Waals surface area contributed by atoms with Gasteiger partial charge in [-0.2, -0.15) is 5.26 Å². The van der Waals surface area contributed by atoms with Gasteiger partial charge in [-0.05, 0) is 65.7 Å². The van der Waals surface area contributed by atoms with Gasteiger partial charge in [0.25, 0.3) is 0 Å². The number of nitrogens with zero attached hydrogens (tertiary/aromatic N) is 4. The summed E-state index contributed by atoms with van der Waals surface area (Å²) in [7, 11) is 0. The van der Waals surface area contributed by atoms with Gasteiger partial charge in [0, 0.05) is 33.2 Å². The van der Waals surface area contributed by atoms with E-state index in [-0.39, 0.29) is 0 Å². The van der Waals surface area contributed by atoms with Crippen molar-refractivity contribution < 1.29 is 0 Å². The molecule has 210 valence electrons. The summed E-state index contributed by atoms with van der Waals surface area (Å²) in [5, 5.41) is 11.6. The molecule has 2 heterocycles. The second-order valence-corrected chi connectivity index (χ2v) is 11.0. The summed E-state index contributed by atoms with van der Waals surface area (Å²) in [5.74, 6) is 0.677. The predicted octanol–water partition coefficient (Wildman–Crippen LogP) is 10.1. The molecule has 45 heavy (non-hydrogen) atoms. The Labute approximate surface area is 261 Å². The second-order valence-electron chi connectivity index (χ2n) is 11.0. The van der Waals surface area contributed by atoms with E-state index in [2.05, 4.69) is 126 Å². The molecular weight excluding hydrogens is 548 g/mol. The van der Waals surface area contributed by atoms with E-state index in [1.807, 2.05) is 42.5 Å². The van der Waals surface area contributed by atoms with E-state index in [1.54, 1.807) is 0 Å². The molecule has 0 saturated heterocycles. The van der Waals surface area contributed by atoms with E-state index in [0.29, 0.717) is 11.4 Å². The first-order valence-corrected chi connectivity index (χ1v) is 14.9. The van der Waals surface area contributed by atoms with Gasteiger partial charge in [0.2, 0.25) is 0 Å². The zero-order chi connectivity index (χ0) is 30.2. The summed E-state index contributed by atoms with van der Waals surface area (Å²) < 4.78 is 2.32. The van der Waals surface area contributed by atoms with Crippen molar-refractivity contribution in [3.05, 3.63) is 163 Å². The number of para-hydroxylation sites is 2. The first-order valence-electron chi connectivity index (χ1n) is 14.9. The van der Waals surface area contributed by atoms with Crippen LogP contribution in [0.1, 0.15) is 5.56 Å². The zero-order valence-electron chi connectivity index (χ0n) is 24.3. The molecule has 0 N–H and O–H groups in total. The average Bonchev–Trinajstić information content (AvgIpc) is 3.46. The average molecular weight is 575 g/mol. The SMILES string of the molecule is N#Cc1ccc(-c2ccc(-c3cc(-c4ccccc4)nc(-c4ccc(-n5c6ccccc6c6ccccc65)cc4)n3)cc2)cc1. The number of fused-ring (bicyclic) bond motifs is 3. The van der Waals surface area contributed by atoms with Gasteiger partial charge in [0.15, 0.2) is 5.82 Å². The van der Waals surface area contributed by atoms with E-state index in [0.717, 1.165) is 44.9 Å². The van der Waals surface area contributed by atoms with Crippen molar-refractivity contribution in [2.24, 2.45) is 0 Å². The van der Waals surface area contributed by atoms with Gasteiger partial charge < -0.3 is 4.57 Å². The molecule has 4 heteroatoms. The number of hydrogen-bond acceptors (Lipinski definition) is 3. The van der Waals surface area contributed by atoms with E-state index in [9.17, 15) is 0 Å². The van der Waals surface area contributed by atoms with Gasteiger partial charge in [-0.1, -0.05) is 103 Å². The molecule has 0 fully saturated rings. The molecule has 0 aliphatic rings. The van der Waals surface area contributed by atoms with Crippen LogP contribution in [-0.4, -0.2) is 14.5 Å². The lowest BCUT2D eigenvalue weighted by atomic mass is 10.0. The molecule has 0 atom stereocenters. The number of rotatable bonds is 5. The maximum absolute atomic E-state index is 9.14. The van der Waals surface area contributed by atoms with Crippen molar-refractivity contribution in [2.45, 2.75) is 0 Å². The summed E-state index contributed by atoms with van der Waals surface area (Å²) in [5.41, 5.74) is 11.0. The Balaban J connectivity index is 1.20. The molecule has 4 nitrogen and oxygen atoms in total. The quantitative estimate of drug-likeness (QED) is 0.205. The maximum Gasteiger partial charge on any atom is 0.160 e. The van der Waals surface area contributed by atoms with Crippen molar-refractivity contribution in [1.29, 1.82) is 5.26 Å². The van der Waals surface area contributed by atoms with Crippen molar-refractivity contribution in [3.8, 4) is 56.8 Å². The fourth-order valence-corrected chi connectivity index (χ4v) is 6.01. The molecule has 0 unspecified atom stereocenters. The maximum atomic E-state index is 9.14. The van der Waals surface area contributed by atoms with E-state index < -0.39 is 0 Å². The van der Waals surface area contributed by atoms with Gasteiger partial charge in [0.1, 0.15) is 0 Å². The summed E-state index contributed by atoms with van der Waals surface area (Å²) in [4.78, 5) is 10.1. The van der Waals surface area contributed by atoms with Crippen LogP contribution in [0, 0.1) is 11.3 Å². The van der Waals surface area contributed by atoms with Gasteiger partial charge in [-0.15, -0.1) is 0 Å². The van der Waals surface area contributed by atoms with Crippen LogP contribution in [0.4, 0.5) is 0 Å². The molecule has 0 bridgehead atoms. The fourth-order valence-electron chi connectivity index (χ4n) is 6.01. The van der Waals surface area contributed by atoms with Gasteiger partial charge >= 0.3 is 0 Å². The standard InChI is InChI=1S/C41H26N4/c42-27-28-14-16-29(17-15-28)30-18-20-32(21-19-30)38-26-37(31-8-2-1-3-9-31)43-41(44-38)33-22-24-34(25-23-33)45-39-12-6-4-10-35(39)36-11-5-7-13-40(36)45/h1-26H. The van der Waals surface area contributed by atoms with Crippen LogP contribution in [0.3, 0.4) is 0 Å². The molecule has 8 aromatic rings. The summed E-state index contributed by atoms with van der Waals surface area (Å²) >= 11 is 0. The summed E-state index contributed by atoms with van der Waals surface area (Å²) in [6, 6.07) is 56.1. The highest BCUT2D eigenvalue weighted by molar-refractivity contribution is 6.09. The molecular formula is C41H26N4. The van der Waals surface area contributed by atoms with Crippen LogP contribution < -0.4 is 0 Å². The van der Waals surface area contributed by atoms with Gasteiger partial charge in [0.05, 0.1) is 34.1 Å². The molecule has 6 aromatic carbocycles. The third-order valence-corrected chi connectivity index (χ3v) is 8.29. The number of benzene rings is 6. The number of hydrogen-bond donors (Lipinski definition) is 0. The molecule has 0 spiro atoms. The minimum Gasteiger partial charge on any atom is -0.309 e.